The molecule has 0 amide bonds. The van der Waals surface area contributed by atoms with Crippen LogP contribution < -0.4 is 4.74 Å². The van der Waals surface area contributed by atoms with Crippen molar-refractivity contribution in [1.82, 2.24) is 19.6 Å². The van der Waals surface area contributed by atoms with Crippen LogP contribution in [0.3, 0.4) is 0 Å². The molecule has 0 spiro atoms. The fourth-order valence-corrected chi connectivity index (χ4v) is 3.19. The molecule has 2 heterocycles. The maximum Gasteiger partial charge on any atom is 0.144 e. The summed E-state index contributed by atoms with van der Waals surface area (Å²) < 4.78 is 8.94. The molecule has 6 nitrogen and oxygen atoms in total. The molecule has 0 unspecified atom stereocenters. The van der Waals surface area contributed by atoms with Gasteiger partial charge in [0.05, 0.1) is 18.5 Å². The van der Waals surface area contributed by atoms with Crippen LogP contribution >= 0.6 is 0 Å². The average Bonchev–Trinajstić information content (AvgIpc) is 3.22. The second-order valence-corrected chi connectivity index (χ2v) is 6.84. The summed E-state index contributed by atoms with van der Waals surface area (Å²) in [4.78, 5) is 0. The smallest absolute Gasteiger partial charge is 0.144 e. The van der Waals surface area contributed by atoms with Gasteiger partial charge in [-0.2, -0.15) is 10.2 Å². The predicted octanol–water partition coefficient (Wildman–Crippen LogP) is 4.69. The largest absolute Gasteiger partial charge is 0.506 e. The lowest BCUT2D eigenvalue weighted by molar-refractivity contribution is 0.411. The van der Waals surface area contributed by atoms with Gasteiger partial charge < -0.3 is 9.84 Å². The average molecular weight is 390 g/mol. The lowest BCUT2D eigenvalue weighted by Gasteiger charge is -2.09. The van der Waals surface area contributed by atoms with Crippen LogP contribution in [-0.4, -0.2) is 31.8 Å². The molecule has 150 valence electrons. The SMILES string of the molecule is COc1ccccc1-n1nc(C)cc1C.Cc1cc(C)n(-c2ccccc2O)n1. The molecule has 0 saturated heterocycles. The van der Waals surface area contributed by atoms with Gasteiger partial charge in [-0.05, 0) is 64.1 Å². The standard InChI is InChI=1S/C12H14N2O.C11H12N2O/c1-9-8-10(2)14(13-9)11-6-4-5-7-12(11)15-3;1-8-7-9(2)13(12-8)10-5-3-4-6-11(10)14/h4-8H,1-3H3;3-7,14H,1-2H3. The van der Waals surface area contributed by atoms with E-state index >= 15 is 0 Å². The first-order chi connectivity index (χ1) is 13.9. The first kappa shape index (κ1) is 20.2. The summed E-state index contributed by atoms with van der Waals surface area (Å²) in [6.07, 6.45) is 0. The highest BCUT2D eigenvalue weighted by Crippen LogP contribution is 2.23. The molecule has 0 aliphatic rings. The zero-order valence-corrected chi connectivity index (χ0v) is 17.4. The molecule has 0 atom stereocenters. The molecular weight excluding hydrogens is 364 g/mol. The van der Waals surface area contributed by atoms with Gasteiger partial charge in [0.25, 0.3) is 0 Å². The summed E-state index contributed by atoms with van der Waals surface area (Å²) >= 11 is 0. The first-order valence-electron chi connectivity index (χ1n) is 9.39. The van der Waals surface area contributed by atoms with Gasteiger partial charge in [-0.1, -0.05) is 24.3 Å². The van der Waals surface area contributed by atoms with E-state index in [2.05, 4.69) is 10.2 Å². The molecular formula is C23H26N4O2. The van der Waals surface area contributed by atoms with E-state index in [1.54, 1.807) is 23.9 Å². The number of phenolic OH excluding ortho intramolecular Hbond substituents is 1. The zero-order chi connectivity index (χ0) is 21.0. The number of phenols is 1. The normalized spacial score (nSPS) is 10.4. The van der Waals surface area contributed by atoms with Crippen LogP contribution in [0.4, 0.5) is 0 Å². The Kier molecular flexibility index (Phi) is 6.02. The minimum Gasteiger partial charge on any atom is -0.506 e. The number of aromatic hydroxyl groups is 1. The maximum absolute atomic E-state index is 9.64. The summed E-state index contributed by atoms with van der Waals surface area (Å²) in [7, 11) is 1.67. The van der Waals surface area contributed by atoms with Gasteiger partial charge in [-0.3, -0.25) is 0 Å². The monoisotopic (exact) mass is 390 g/mol. The Labute approximate surface area is 171 Å². The van der Waals surface area contributed by atoms with Crippen molar-refractivity contribution in [2.24, 2.45) is 0 Å². The summed E-state index contributed by atoms with van der Waals surface area (Å²) in [6, 6.07) is 19.1. The van der Waals surface area contributed by atoms with Crippen LogP contribution in [0, 0.1) is 27.7 Å². The number of methoxy groups -OCH3 is 1. The van der Waals surface area contributed by atoms with Crippen LogP contribution in [-0.2, 0) is 0 Å². The van der Waals surface area contributed by atoms with Crippen LogP contribution in [0.1, 0.15) is 22.8 Å². The molecule has 0 bridgehead atoms. The van der Waals surface area contributed by atoms with Gasteiger partial charge in [0.2, 0.25) is 0 Å². The molecule has 2 aromatic heterocycles. The Balaban J connectivity index is 0.000000166. The zero-order valence-electron chi connectivity index (χ0n) is 17.4. The molecule has 0 saturated carbocycles. The molecule has 0 fully saturated rings. The van der Waals surface area contributed by atoms with Crippen molar-refractivity contribution in [2.75, 3.05) is 7.11 Å². The van der Waals surface area contributed by atoms with E-state index in [4.69, 9.17) is 4.74 Å². The van der Waals surface area contributed by atoms with E-state index in [-0.39, 0.29) is 5.75 Å². The predicted molar refractivity (Wildman–Crippen MR) is 114 cm³/mol. The number of rotatable bonds is 3. The Bertz CT molecular complexity index is 1110. The molecule has 0 aliphatic carbocycles. The number of aromatic nitrogens is 4. The minimum absolute atomic E-state index is 0.249. The highest BCUT2D eigenvalue weighted by Gasteiger charge is 2.08. The molecule has 29 heavy (non-hydrogen) atoms. The van der Waals surface area contributed by atoms with Crippen molar-refractivity contribution in [2.45, 2.75) is 27.7 Å². The van der Waals surface area contributed by atoms with Gasteiger partial charge in [-0.15, -0.1) is 0 Å². The van der Waals surface area contributed by atoms with Crippen molar-refractivity contribution in [3.8, 4) is 22.9 Å². The highest BCUT2D eigenvalue weighted by atomic mass is 16.5. The third kappa shape index (κ3) is 4.48. The molecule has 1 N–H and O–H groups in total. The fraction of sp³-hybridized carbons (Fsp3) is 0.217. The molecule has 4 aromatic rings. The van der Waals surface area contributed by atoms with Crippen molar-refractivity contribution < 1.29 is 9.84 Å². The molecule has 0 radical (unpaired) electrons. The van der Waals surface area contributed by atoms with Crippen molar-refractivity contribution in [1.29, 1.82) is 0 Å². The lowest BCUT2D eigenvalue weighted by Crippen LogP contribution is -2.01. The van der Waals surface area contributed by atoms with Gasteiger partial charge in [0.1, 0.15) is 22.9 Å². The van der Waals surface area contributed by atoms with E-state index in [0.717, 1.165) is 39.9 Å². The van der Waals surface area contributed by atoms with Crippen molar-refractivity contribution >= 4 is 0 Å². The Hall–Kier alpha value is -3.54. The topological polar surface area (TPSA) is 65.1 Å². The number of hydrogen-bond donors (Lipinski definition) is 1. The van der Waals surface area contributed by atoms with Crippen molar-refractivity contribution in [3.63, 3.8) is 0 Å². The number of para-hydroxylation sites is 4. The minimum atomic E-state index is 0.249. The molecule has 6 heteroatoms. The van der Waals surface area contributed by atoms with Gasteiger partial charge in [0.15, 0.2) is 0 Å². The second-order valence-electron chi connectivity index (χ2n) is 6.84. The van der Waals surface area contributed by atoms with Crippen LogP contribution in [0.2, 0.25) is 0 Å². The van der Waals surface area contributed by atoms with Gasteiger partial charge in [0, 0.05) is 11.4 Å². The van der Waals surface area contributed by atoms with E-state index in [9.17, 15) is 5.11 Å². The van der Waals surface area contributed by atoms with Crippen LogP contribution in [0.25, 0.3) is 11.4 Å². The van der Waals surface area contributed by atoms with E-state index in [1.807, 2.05) is 80.9 Å². The van der Waals surface area contributed by atoms with E-state index in [1.165, 1.54) is 0 Å². The Morgan fingerprint density at radius 2 is 1.21 bits per heavy atom. The Morgan fingerprint density at radius 3 is 1.69 bits per heavy atom. The third-order valence-corrected chi connectivity index (χ3v) is 4.44. The summed E-state index contributed by atoms with van der Waals surface area (Å²) in [5, 5.41) is 18.4. The van der Waals surface area contributed by atoms with Crippen molar-refractivity contribution in [3.05, 3.63) is 83.4 Å². The summed E-state index contributed by atoms with van der Waals surface area (Å²) in [5.74, 6) is 1.09. The molecule has 2 aromatic carbocycles. The van der Waals surface area contributed by atoms with Crippen LogP contribution in [0.5, 0.6) is 11.5 Å². The van der Waals surface area contributed by atoms with Gasteiger partial charge in [-0.25, -0.2) is 9.36 Å². The van der Waals surface area contributed by atoms with E-state index < -0.39 is 0 Å². The highest BCUT2D eigenvalue weighted by molar-refractivity contribution is 5.47. The van der Waals surface area contributed by atoms with Crippen LogP contribution in [0.15, 0.2) is 60.7 Å². The first-order valence-corrected chi connectivity index (χ1v) is 9.39. The fourth-order valence-electron chi connectivity index (χ4n) is 3.19. The van der Waals surface area contributed by atoms with Gasteiger partial charge >= 0.3 is 0 Å². The molecule has 4 rings (SSSR count). The number of benzene rings is 2. The number of aryl methyl sites for hydroxylation is 4. The third-order valence-electron chi connectivity index (χ3n) is 4.44. The van der Waals surface area contributed by atoms with E-state index in [0.29, 0.717) is 0 Å². The lowest BCUT2D eigenvalue weighted by atomic mass is 10.3. The number of hydrogen-bond acceptors (Lipinski definition) is 4. The quantitative estimate of drug-likeness (QED) is 0.551. The number of ether oxygens (including phenoxy) is 1. The maximum atomic E-state index is 9.64. The summed E-state index contributed by atoms with van der Waals surface area (Å²) in [5.41, 5.74) is 5.79. The number of nitrogens with zero attached hydrogens (tertiary/aromatic N) is 4. The molecule has 0 aliphatic heterocycles. The second kappa shape index (κ2) is 8.65. The summed E-state index contributed by atoms with van der Waals surface area (Å²) in [6.45, 7) is 7.92. The Morgan fingerprint density at radius 1 is 0.724 bits per heavy atom.